The third-order valence-corrected chi connectivity index (χ3v) is 13.4. The first kappa shape index (κ1) is 64.0. The fourth-order valence-electron chi connectivity index (χ4n) is 9.82. The molecule has 3 atom stereocenters. The Labute approximate surface area is 480 Å². The van der Waals surface area contributed by atoms with Crippen molar-refractivity contribution in [1.29, 1.82) is 0 Å². The third-order valence-electron chi connectivity index (χ3n) is 13.4. The van der Waals surface area contributed by atoms with Crippen LogP contribution in [0.1, 0.15) is 185 Å². The van der Waals surface area contributed by atoms with Crippen molar-refractivity contribution in [2.75, 3.05) is 6.54 Å². The topological polar surface area (TPSA) is 367 Å². The maximum Gasteiger partial charge on any atom is 0.307 e. The molecule has 12 amide bonds. The van der Waals surface area contributed by atoms with Gasteiger partial charge in [0.1, 0.15) is 35.1 Å². The van der Waals surface area contributed by atoms with Gasteiger partial charge in [-0.1, -0.05) is 30.3 Å². The zero-order valence-corrected chi connectivity index (χ0v) is 47.0. The number of nitrogens with one attached hydrogen (secondary N) is 3. The first-order valence-electron chi connectivity index (χ1n) is 27.0. The molecule has 0 saturated carbocycles. The number of benzene rings is 3. The molecule has 6 heterocycles. The molecule has 6 aliphatic rings. The highest BCUT2D eigenvalue weighted by atomic mass is 19.1. The summed E-state index contributed by atoms with van der Waals surface area (Å²) in [6.45, 7) is 11.2. The molecule has 0 aromatic heterocycles. The predicted molar refractivity (Wildman–Crippen MR) is 288 cm³/mol. The van der Waals surface area contributed by atoms with Crippen LogP contribution in [0, 0.1) is 5.82 Å². The number of aryl methyl sites for hydroxylation is 2. The van der Waals surface area contributed by atoms with Crippen LogP contribution in [0.2, 0.25) is 0 Å². The molecule has 6 N–H and O–H groups in total. The van der Waals surface area contributed by atoms with Crippen LogP contribution in [0.3, 0.4) is 0 Å². The number of nitrogens with two attached hydrogens (primary N) is 1. The van der Waals surface area contributed by atoms with Crippen LogP contribution in [0.25, 0.3) is 0 Å². The van der Waals surface area contributed by atoms with Gasteiger partial charge in [0, 0.05) is 38.6 Å². The molecule has 6 aliphatic heterocycles. The fraction of sp³-hybridized carbons (Fsp3) is 0.431. The number of rotatable bonds is 13. The van der Waals surface area contributed by atoms with Gasteiger partial charge in [-0.2, -0.15) is 0 Å². The van der Waals surface area contributed by atoms with Gasteiger partial charge >= 0.3 is 17.9 Å². The molecular formula is C58H64FN7O18. The van der Waals surface area contributed by atoms with Crippen molar-refractivity contribution in [3.05, 3.63) is 105 Å². The molecule has 3 aromatic carbocycles. The molecule has 0 spiro atoms. The van der Waals surface area contributed by atoms with E-state index in [2.05, 4.69) is 16.0 Å². The Kier molecular flexibility index (Phi) is 20.4. The average molecular weight is 1170 g/mol. The Hall–Kier alpha value is -9.20. The number of amides is 12. The van der Waals surface area contributed by atoms with Crippen LogP contribution in [0.4, 0.5) is 4.39 Å². The normalized spacial score (nSPS) is 19.1. The van der Waals surface area contributed by atoms with E-state index < -0.39 is 106 Å². The highest BCUT2D eigenvalue weighted by Gasteiger charge is 2.48. The number of imide groups is 6. The molecular weight excluding hydrogens is 1100 g/mol. The number of carbonyl (C=O) groups excluding carboxylic acids is 14. The van der Waals surface area contributed by atoms with Crippen molar-refractivity contribution < 1.29 is 90.9 Å². The van der Waals surface area contributed by atoms with Crippen LogP contribution < -0.4 is 21.7 Å². The second-order valence-electron chi connectivity index (χ2n) is 22.0. The van der Waals surface area contributed by atoms with E-state index in [-0.39, 0.29) is 102 Å². The Bertz CT molecular complexity index is 3270. The Balaban J connectivity index is 0.000000189. The number of fused-ring (bicyclic) bond motifs is 3. The highest BCUT2D eigenvalue weighted by molar-refractivity contribution is 6.26. The molecule has 0 bridgehead atoms. The number of carboxylic acids is 1. The van der Waals surface area contributed by atoms with Gasteiger partial charge in [-0.3, -0.25) is 103 Å². The number of aliphatic carboxylic acids is 1. The Morgan fingerprint density at radius 2 is 0.845 bits per heavy atom. The standard InChI is InChI=1S/C21H24N2O6.C17H16N2O6.C13H9FN2O4.C7H15NO2/c1-21(2,3)29-16(25)9-5-7-12-6-4-8-13-17(12)20(28)23(19(13)27)14-10-11-15(24)22-18(14)26;20-12-8-7-11(15(23)18-12)19-16(24)10-5-1-3-9(14(10)17(19)25)4-2-6-13(21)22;14-7-3-1-2-6-10(7)13(20)16(12(6)19)8-4-5-9(17)15-11(8)18;1-7(2,3)10-6(9)4-5-8/h4,6,8,14H,5,7,9-11H2,1-3H3,(H,22,24,26);1,3,5,11H,2,4,6-8H2,(H,21,22)(H,18,20,23);1-3,8H,4-5H2,(H,15,17,18);4-5,8H2,1-3H3. The lowest BCUT2D eigenvalue weighted by molar-refractivity contribution is -0.155. The summed E-state index contributed by atoms with van der Waals surface area (Å²) in [7, 11) is 0. The van der Waals surface area contributed by atoms with E-state index in [4.69, 9.17) is 20.3 Å². The van der Waals surface area contributed by atoms with Gasteiger partial charge in [0.15, 0.2) is 0 Å². The largest absolute Gasteiger partial charge is 0.481 e. The maximum atomic E-state index is 13.7. The third kappa shape index (κ3) is 15.3. The molecule has 446 valence electrons. The lowest BCUT2D eigenvalue weighted by atomic mass is 9.98. The molecule has 3 saturated heterocycles. The minimum absolute atomic E-state index is 0.0340. The molecule has 3 aromatic rings. The van der Waals surface area contributed by atoms with Crippen LogP contribution in [-0.2, 0) is 65.5 Å². The second-order valence-corrected chi connectivity index (χ2v) is 22.0. The summed E-state index contributed by atoms with van der Waals surface area (Å²) in [6, 6.07) is 10.5. The molecule has 3 fully saturated rings. The SMILES string of the molecule is CC(C)(C)OC(=O)CCCc1cccc2c1C(=O)N(C1CCC(=O)NC1=O)C2=O.CC(C)(C)OC(=O)CCN.O=C(O)CCCc1cccc2c1C(=O)N(C1CCC(=O)NC1=O)C2=O.O=C1CCC(N2C(=O)c3cccc(F)c3C2=O)C(=O)N1. The van der Waals surface area contributed by atoms with Crippen molar-refractivity contribution in [3.63, 3.8) is 0 Å². The van der Waals surface area contributed by atoms with E-state index >= 15 is 0 Å². The molecule has 3 unspecified atom stereocenters. The Morgan fingerprint density at radius 1 is 0.512 bits per heavy atom. The number of hydrogen-bond donors (Lipinski definition) is 5. The molecule has 26 heteroatoms. The molecule has 9 rings (SSSR count). The highest BCUT2D eigenvalue weighted by Crippen LogP contribution is 2.33. The lowest BCUT2D eigenvalue weighted by Gasteiger charge is -2.27. The van der Waals surface area contributed by atoms with Gasteiger partial charge in [0.25, 0.3) is 35.4 Å². The zero-order chi connectivity index (χ0) is 62.1. The summed E-state index contributed by atoms with van der Waals surface area (Å²) in [6.07, 6.45) is 2.47. The van der Waals surface area contributed by atoms with Gasteiger partial charge in [0.2, 0.25) is 35.4 Å². The molecule has 84 heavy (non-hydrogen) atoms. The number of esters is 2. The number of ether oxygens (including phenoxy) is 2. The Morgan fingerprint density at radius 3 is 1.18 bits per heavy atom. The van der Waals surface area contributed by atoms with Crippen LogP contribution in [-0.4, -0.2) is 144 Å². The fourth-order valence-corrected chi connectivity index (χ4v) is 9.82. The van der Waals surface area contributed by atoms with Gasteiger partial charge < -0.3 is 20.3 Å². The van der Waals surface area contributed by atoms with Gasteiger partial charge in [-0.15, -0.1) is 0 Å². The number of halogens is 1. The van der Waals surface area contributed by atoms with Gasteiger partial charge in [-0.05, 0) is 122 Å². The van der Waals surface area contributed by atoms with Crippen molar-refractivity contribution in [2.24, 2.45) is 5.73 Å². The number of carboxylic acid groups (broad SMARTS) is 1. The smallest absolute Gasteiger partial charge is 0.307 e. The summed E-state index contributed by atoms with van der Waals surface area (Å²) in [5.74, 6) is -9.31. The zero-order valence-electron chi connectivity index (χ0n) is 47.0. The van der Waals surface area contributed by atoms with E-state index in [1.807, 2.05) is 20.8 Å². The van der Waals surface area contributed by atoms with E-state index in [1.165, 1.54) is 18.2 Å². The summed E-state index contributed by atoms with van der Waals surface area (Å²) < 4.78 is 23.9. The summed E-state index contributed by atoms with van der Waals surface area (Å²) in [5.41, 5.74) is 6.02. The summed E-state index contributed by atoms with van der Waals surface area (Å²) in [4.78, 5) is 181. The molecule has 25 nitrogen and oxygen atoms in total. The van der Waals surface area contributed by atoms with Crippen LogP contribution in [0.15, 0.2) is 54.6 Å². The molecule has 0 radical (unpaired) electrons. The average Bonchev–Trinajstić information content (AvgIpc) is 2.78. The van der Waals surface area contributed by atoms with E-state index in [9.17, 15) is 76.3 Å². The van der Waals surface area contributed by atoms with Gasteiger partial charge in [-0.25, -0.2) is 4.39 Å². The molecule has 0 aliphatic carbocycles. The quantitative estimate of drug-likeness (QED) is 0.121. The van der Waals surface area contributed by atoms with Crippen LogP contribution >= 0.6 is 0 Å². The van der Waals surface area contributed by atoms with Gasteiger partial charge in [0.05, 0.1) is 39.8 Å². The monoisotopic (exact) mass is 1170 g/mol. The maximum absolute atomic E-state index is 13.7. The number of hydrogen-bond acceptors (Lipinski definition) is 18. The summed E-state index contributed by atoms with van der Waals surface area (Å²) >= 11 is 0. The first-order valence-corrected chi connectivity index (χ1v) is 27.0. The van der Waals surface area contributed by atoms with E-state index in [0.717, 1.165) is 20.8 Å². The second kappa shape index (κ2) is 26.8. The lowest BCUT2D eigenvalue weighted by Crippen LogP contribution is -2.54. The van der Waals surface area contributed by atoms with Crippen LogP contribution in [0.5, 0.6) is 0 Å². The predicted octanol–water partition coefficient (Wildman–Crippen LogP) is 3.15. The summed E-state index contributed by atoms with van der Waals surface area (Å²) in [5, 5.41) is 15.1. The van der Waals surface area contributed by atoms with Crippen molar-refractivity contribution >= 4 is 88.8 Å². The van der Waals surface area contributed by atoms with E-state index in [1.54, 1.807) is 51.1 Å². The minimum atomic E-state index is -1.07. The number of piperidine rings is 3. The van der Waals surface area contributed by atoms with Crippen molar-refractivity contribution in [1.82, 2.24) is 30.7 Å². The number of carbonyl (C=O) groups is 15. The first-order chi connectivity index (χ1) is 39.4. The van der Waals surface area contributed by atoms with Crippen molar-refractivity contribution in [3.8, 4) is 0 Å². The minimum Gasteiger partial charge on any atom is -0.481 e. The van der Waals surface area contributed by atoms with Crippen molar-refractivity contribution in [2.45, 2.75) is 154 Å². The van der Waals surface area contributed by atoms with E-state index in [0.29, 0.717) is 49.8 Å². The number of nitrogens with zero attached hydrogens (tertiary/aromatic N) is 3.